The van der Waals surface area contributed by atoms with Crippen molar-refractivity contribution < 1.29 is 13.7 Å². The Kier molecular flexibility index (Phi) is 5.09. The van der Waals surface area contributed by atoms with E-state index in [1.54, 1.807) is 0 Å². The third-order valence-corrected chi connectivity index (χ3v) is 5.85. The summed E-state index contributed by atoms with van der Waals surface area (Å²) in [6.45, 7) is 10.4. The summed E-state index contributed by atoms with van der Waals surface area (Å²) in [5.41, 5.74) is 3.37. The Bertz CT molecular complexity index is 962. The molecule has 0 spiro atoms. The third-order valence-electron chi connectivity index (χ3n) is 5.85. The topological polar surface area (TPSA) is 57.4 Å². The van der Waals surface area contributed by atoms with E-state index in [0.29, 0.717) is 11.8 Å². The Hall–Kier alpha value is -2.44. The van der Waals surface area contributed by atoms with E-state index < -0.39 is 0 Å². The van der Waals surface area contributed by atoms with Crippen LogP contribution in [0.2, 0.25) is 0 Å². The molecule has 1 aliphatic rings. The SMILES string of the molecule is CCCc1ccc(-c2nnc(-c3ccc(B4OC(C)(C)C(C)(C)O4)cc3)o2)cc1. The standard InChI is InChI=1S/C23H27BN2O3/c1-6-7-16-8-10-17(11-9-16)20-25-26-21(27-20)18-12-14-19(15-13-18)24-28-22(2,3)23(4,5)29-24/h8-15H,6-7H2,1-5H3. The molecule has 4 rings (SSSR count). The number of aromatic nitrogens is 2. The monoisotopic (exact) mass is 390 g/mol. The fourth-order valence-electron chi connectivity index (χ4n) is 3.32. The van der Waals surface area contributed by atoms with Gasteiger partial charge in [0.25, 0.3) is 0 Å². The number of nitrogens with zero attached hydrogens (tertiary/aromatic N) is 2. The first-order chi connectivity index (χ1) is 13.8. The molecular formula is C23H27BN2O3. The van der Waals surface area contributed by atoms with Crippen LogP contribution >= 0.6 is 0 Å². The maximum absolute atomic E-state index is 6.11. The molecule has 1 aromatic heterocycles. The Balaban J connectivity index is 1.50. The van der Waals surface area contributed by atoms with Gasteiger partial charge in [-0.15, -0.1) is 10.2 Å². The van der Waals surface area contributed by atoms with Crippen LogP contribution in [0.15, 0.2) is 52.9 Å². The molecule has 1 fully saturated rings. The van der Waals surface area contributed by atoms with Crippen molar-refractivity contribution in [1.29, 1.82) is 0 Å². The number of benzene rings is 2. The molecule has 5 nitrogen and oxygen atoms in total. The lowest BCUT2D eigenvalue weighted by molar-refractivity contribution is 0.00578. The van der Waals surface area contributed by atoms with Crippen LogP contribution in [0.25, 0.3) is 22.9 Å². The van der Waals surface area contributed by atoms with Gasteiger partial charge < -0.3 is 13.7 Å². The predicted octanol–water partition coefficient (Wildman–Crippen LogP) is 4.66. The zero-order valence-corrected chi connectivity index (χ0v) is 17.7. The number of hydrogen-bond acceptors (Lipinski definition) is 5. The van der Waals surface area contributed by atoms with E-state index in [-0.39, 0.29) is 18.3 Å². The maximum Gasteiger partial charge on any atom is 0.494 e. The van der Waals surface area contributed by atoms with Crippen molar-refractivity contribution in [3.8, 4) is 22.9 Å². The normalized spacial score (nSPS) is 17.6. The molecule has 0 N–H and O–H groups in total. The second kappa shape index (κ2) is 7.43. The Labute approximate surface area is 172 Å². The highest BCUT2D eigenvalue weighted by Gasteiger charge is 2.51. The van der Waals surface area contributed by atoms with Crippen molar-refractivity contribution in [3.63, 3.8) is 0 Å². The second-order valence-corrected chi connectivity index (χ2v) is 8.57. The van der Waals surface area contributed by atoms with Crippen LogP contribution in [0.5, 0.6) is 0 Å². The van der Waals surface area contributed by atoms with Gasteiger partial charge in [-0.2, -0.15) is 0 Å². The zero-order valence-electron chi connectivity index (χ0n) is 17.7. The minimum Gasteiger partial charge on any atom is -0.416 e. The van der Waals surface area contributed by atoms with Crippen molar-refractivity contribution >= 4 is 12.6 Å². The van der Waals surface area contributed by atoms with Gasteiger partial charge in [0.1, 0.15) is 0 Å². The minimum absolute atomic E-state index is 0.357. The molecule has 150 valence electrons. The van der Waals surface area contributed by atoms with Crippen LogP contribution in [0.4, 0.5) is 0 Å². The van der Waals surface area contributed by atoms with Gasteiger partial charge in [0, 0.05) is 11.1 Å². The van der Waals surface area contributed by atoms with Crippen molar-refractivity contribution in [3.05, 3.63) is 54.1 Å². The Morgan fingerprint density at radius 3 is 1.72 bits per heavy atom. The summed E-state index contributed by atoms with van der Waals surface area (Å²) in [6.07, 6.45) is 2.20. The van der Waals surface area contributed by atoms with E-state index in [9.17, 15) is 0 Å². The molecule has 1 aliphatic heterocycles. The van der Waals surface area contributed by atoms with Crippen molar-refractivity contribution in [2.24, 2.45) is 0 Å². The van der Waals surface area contributed by atoms with E-state index in [4.69, 9.17) is 13.7 Å². The van der Waals surface area contributed by atoms with Crippen LogP contribution in [-0.4, -0.2) is 28.5 Å². The van der Waals surface area contributed by atoms with Crippen LogP contribution in [0.3, 0.4) is 0 Å². The van der Waals surface area contributed by atoms with E-state index >= 15 is 0 Å². The molecule has 2 heterocycles. The molecule has 0 saturated carbocycles. The summed E-state index contributed by atoms with van der Waals surface area (Å²) >= 11 is 0. The molecule has 0 unspecified atom stereocenters. The molecule has 0 bridgehead atoms. The van der Waals surface area contributed by atoms with Crippen LogP contribution < -0.4 is 5.46 Å². The lowest BCUT2D eigenvalue weighted by Crippen LogP contribution is -2.41. The van der Waals surface area contributed by atoms with Gasteiger partial charge >= 0.3 is 7.12 Å². The molecular weight excluding hydrogens is 363 g/mol. The van der Waals surface area contributed by atoms with Gasteiger partial charge in [-0.3, -0.25) is 0 Å². The molecule has 0 atom stereocenters. The average molecular weight is 390 g/mol. The second-order valence-electron chi connectivity index (χ2n) is 8.57. The van der Waals surface area contributed by atoms with Gasteiger partial charge in [-0.05, 0) is 69.4 Å². The molecule has 0 radical (unpaired) electrons. The zero-order chi connectivity index (χ0) is 20.6. The molecule has 0 amide bonds. The lowest BCUT2D eigenvalue weighted by atomic mass is 9.79. The summed E-state index contributed by atoms with van der Waals surface area (Å²) in [5.74, 6) is 1.02. The number of rotatable bonds is 5. The fraction of sp³-hybridized carbons (Fsp3) is 0.391. The van der Waals surface area contributed by atoms with Crippen LogP contribution in [0.1, 0.15) is 46.6 Å². The van der Waals surface area contributed by atoms with E-state index in [0.717, 1.165) is 29.4 Å². The maximum atomic E-state index is 6.11. The predicted molar refractivity (Wildman–Crippen MR) is 115 cm³/mol. The minimum atomic E-state index is -0.381. The first-order valence-electron chi connectivity index (χ1n) is 10.2. The molecule has 6 heteroatoms. The summed E-state index contributed by atoms with van der Waals surface area (Å²) in [5, 5.41) is 8.43. The average Bonchev–Trinajstić information content (AvgIpc) is 3.26. The number of aryl methyl sites for hydroxylation is 1. The van der Waals surface area contributed by atoms with Crippen molar-refractivity contribution in [2.75, 3.05) is 0 Å². The third kappa shape index (κ3) is 3.87. The quantitative estimate of drug-likeness (QED) is 0.594. The summed E-state index contributed by atoms with van der Waals surface area (Å²) in [6, 6.07) is 16.2. The molecule has 29 heavy (non-hydrogen) atoms. The van der Waals surface area contributed by atoms with E-state index in [2.05, 4.69) is 56.9 Å². The highest BCUT2D eigenvalue weighted by Crippen LogP contribution is 2.36. The van der Waals surface area contributed by atoms with Gasteiger partial charge in [-0.1, -0.05) is 37.6 Å². The van der Waals surface area contributed by atoms with Gasteiger partial charge in [0.2, 0.25) is 11.8 Å². The largest absolute Gasteiger partial charge is 0.494 e. The molecule has 1 saturated heterocycles. The smallest absolute Gasteiger partial charge is 0.416 e. The Morgan fingerprint density at radius 1 is 0.759 bits per heavy atom. The number of hydrogen-bond donors (Lipinski definition) is 0. The van der Waals surface area contributed by atoms with E-state index in [1.165, 1.54) is 5.56 Å². The van der Waals surface area contributed by atoms with E-state index in [1.807, 2.05) is 36.4 Å². The van der Waals surface area contributed by atoms with Crippen molar-refractivity contribution in [1.82, 2.24) is 10.2 Å². The van der Waals surface area contributed by atoms with Gasteiger partial charge in [-0.25, -0.2) is 0 Å². The highest BCUT2D eigenvalue weighted by molar-refractivity contribution is 6.62. The fourth-order valence-corrected chi connectivity index (χ4v) is 3.32. The molecule has 3 aromatic rings. The first-order valence-corrected chi connectivity index (χ1v) is 10.2. The first kappa shape index (κ1) is 19.9. The van der Waals surface area contributed by atoms with Crippen LogP contribution in [-0.2, 0) is 15.7 Å². The molecule has 2 aromatic carbocycles. The summed E-state index contributed by atoms with van der Waals surface area (Å²) < 4.78 is 18.1. The summed E-state index contributed by atoms with van der Waals surface area (Å²) in [4.78, 5) is 0. The van der Waals surface area contributed by atoms with Crippen molar-refractivity contribution in [2.45, 2.75) is 58.7 Å². The lowest BCUT2D eigenvalue weighted by Gasteiger charge is -2.32. The Morgan fingerprint density at radius 2 is 1.24 bits per heavy atom. The van der Waals surface area contributed by atoms with Gasteiger partial charge in [0.05, 0.1) is 11.2 Å². The van der Waals surface area contributed by atoms with Crippen LogP contribution in [0, 0.1) is 0 Å². The highest BCUT2D eigenvalue weighted by atomic mass is 16.7. The van der Waals surface area contributed by atoms with Gasteiger partial charge in [0.15, 0.2) is 0 Å². The summed E-state index contributed by atoms with van der Waals surface area (Å²) in [7, 11) is -0.381. The molecule has 0 aliphatic carbocycles.